The van der Waals surface area contributed by atoms with Crippen molar-refractivity contribution in [3.05, 3.63) is 149 Å². The lowest BCUT2D eigenvalue weighted by Gasteiger charge is -2.22. The van der Waals surface area contributed by atoms with Gasteiger partial charge >= 0.3 is 0 Å². The van der Waals surface area contributed by atoms with Crippen LogP contribution in [0.3, 0.4) is 0 Å². The maximum Gasteiger partial charge on any atom is 0.132 e. The summed E-state index contributed by atoms with van der Waals surface area (Å²) >= 11 is 0. The standard InChI is InChI=1S/C31H28Si/c1-24-17-19-26(20-18-24)29-21-22-31(30(29)23-25-11-5-2-6-12-25)32(27-13-7-3-8-14-27)28-15-9-4-10-16-28/h2-20,22,32H,21,23H2,1H3. The Bertz CT molecular complexity index is 1190. The van der Waals surface area contributed by atoms with Crippen molar-refractivity contribution in [1.29, 1.82) is 0 Å². The number of hydrogen-bond acceptors (Lipinski definition) is 0. The average Bonchev–Trinajstić information content (AvgIpc) is 3.25. The Hall–Kier alpha value is -3.42. The average molecular weight is 429 g/mol. The molecule has 0 radical (unpaired) electrons. The number of hydrogen-bond donors (Lipinski definition) is 0. The van der Waals surface area contributed by atoms with Crippen molar-refractivity contribution in [1.82, 2.24) is 0 Å². The first kappa shape index (κ1) is 20.5. The molecule has 0 aliphatic heterocycles. The van der Waals surface area contributed by atoms with E-state index in [0.717, 1.165) is 12.8 Å². The highest BCUT2D eigenvalue weighted by molar-refractivity contribution is 6.91. The first-order valence-corrected chi connectivity index (χ1v) is 13.2. The van der Waals surface area contributed by atoms with Gasteiger partial charge in [0.05, 0.1) is 0 Å². The zero-order valence-corrected chi connectivity index (χ0v) is 19.7. The predicted molar refractivity (Wildman–Crippen MR) is 140 cm³/mol. The molecule has 1 aliphatic carbocycles. The molecular formula is C31H28Si. The van der Waals surface area contributed by atoms with Crippen molar-refractivity contribution in [2.24, 2.45) is 0 Å². The Labute approximate surface area is 193 Å². The molecule has 0 nitrogen and oxygen atoms in total. The summed E-state index contributed by atoms with van der Waals surface area (Å²) in [6.07, 6.45) is 4.53. The molecule has 1 aliphatic rings. The van der Waals surface area contributed by atoms with Gasteiger partial charge < -0.3 is 0 Å². The van der Waals surface area contributed by atoms with Crippen LogP contribution in [0.1, 0.15) is 23.1 Å². The molecule has 0 fully saturated rings. The number of rotatable bonds is 6. The third-order valence-corrected chi connectivity index (χ3v) is 9.75. The van der Waals surface area contributed by atoms with E-state index in [1.807, 2.05) is 0 Å². The molecule has 4 aromatic rings. The summed E-state index contributed by atoms with van der Waals surface area (Å²) < 4.78 is 0. The first-order chi connectivity index (χ1) is 15.8. The molecule has 0 spiro atoms. The fourth-order valence-corrected chi connectivity index (χ4v) is 8.12. The Morgan fingerprint density at radius 2 is 1.16 bits per heavy atom. The van der Waals surface area contributed by atoms with E-state index in [1.165, 1.54) is 38.2 Å². The van der Waals surface area contributed by atoms with Crippen LogP contribution in [0.15, 0.2) is 132 Å². The van der Waals surface area contributed by atoms with Crippen LogP contribution in [-0.4, -0.2) is 8.80 Å². The molecule has 156 valence electrons. The van der Waals surface area contributed by atoms with Crippen molar-refractivity contribution in [2.45, 2.75) is 19.8 Å². The quantitative estimate of drug-likeness (QED) is 0.335. The van der Waals surface area contributed by atoms with Crippen molar-refractivity contribution in [2.75, 3.05) is 0 Å². The van der Waals surface area contributed by atoms with Crippen molar-refractivity contribution < 1.29 is 0 Å². The van der Waals surface area contributed by atoms with Crippen LogP contribution in [0.25, 0.3) is 5.57 Å². The maximum atomic E-state index is 2.53. The summed E-state index contributed by atoms with van der Waals surface area (Å²) in [5, 5.41) is 4.56. The topological polar surface area (TPSA) is 0 Å². The molecule has 0 amide bonds. The minimum atomic E-state index is -1.57. The smallest absolute Gasteiger partial charge is 0.0801 e. The fourth-order valence-electron chi connectivity index (χ4n) is 4.82. The van der Waals surface area contributed by atoms with Crippen LogP contribution in [0.4, 0.5) is 0 Å². The Balaban J connectivity index is 1.65. The van der Waals surface area contributed by atoms with Gasteiger partial charge in [-0.2, -0.15) is 0 Å². The highest BCUT2D eigenvalue weighted by Crippen LogP contribution is 2.37. The molecule has 0 atom stereocenters. The Kier molecular flexibility index (Phi) is 6.00. The Morgan fingerprint density at radius 1 is 0.625 bits per heavy atom. The van der Waals surface area contributed by atoms with Gasteiger partial charge in [-0.3, -0.25) is 0 Å². The fraction of sp³-hybridized carbons (Fsp3) is 0.0968. The predicted octanol–water partition coefficient (Wildman–Crippen LogP) is 5.90. The van der Waals surface area contributed by atoms with Gasteiger partial charge in [0.1, 0.15) is 8.80 Å². The molecule has 0 unspecified atom stereocenters. The van der Waals surface area contributed by atoms with E-state index in [-0.39, 0.29) is 0 Å². The van der Waals surface area contributed by atoms with Gasteiger partial charge in [0.2, 0.25) is 0 Å². The zero-order valence-electron chi connectivity index (χ0n) is 18.5. The summed E-state index contributed by atoms with van der Waals surface area (Å²) in [5.74, 6) is 0. The number of allylic oxidation sites excluding steroid dienone is 4. The molecule has 1 heteroatoms. The molecule has 32 heavy (non-hydrogen) atoms. The van der Waals surface area contributed by atoms with E-state index in [1.54, 1.807) is 5.20 Å². The minimum absolute atomic E-state index is 0.985. The second kappa shape index (κ2) is 9.38. The molecule has 4 aromatic carbocycles. The normalized spacial score (nSPS) is 13.5. The SMILES string of the molecule is Cc1ccc(C2=C(Cc3ccccc3)C([SiH](c3ccccc3)c3ccccc3)=CC2)cc1. The van der Waals surface area contributed by atoms with Crippen LogP contribution in [0.5, 0.6) is 0 Å². The van der Waals surface area contributed by atoms with Crippen LogP contribution in [0, 0.1) is 6.92 Å². The summed E-state index contributed by atoms with van der Waals surface area (Å²) in [7, 11) is -1.57. The maximum absolute atomic E-state index is 2.53. The molecule has 0 N–H and O–H groups in total. The summed E-state index contributed by atoms with van der Waals surface area (Å²) in [4.78, 5) is 0. The van der Waals surface area contributed by atoms with Gasteiger partial charge in [-0.15, -0.1) is 0 Å². The van der Waals surface area contributed by atoms with Crippen LogP contribution in [0.2, 0.25) is 0 Å². The summed E-state index contributed by atoms with van der Waals surface area (Å²) in [5.41, 5.74) is 7.08. The molecular weight excluding hydrogens is 400 g/mol. The molecule has 0 aromatic heterocycles. The third kappa shape index (κ3) is 4.30. The van der Waals surface area contributed by atoms with E-state index >= 15 is 0 Å². The highest BCUT2D eigenvalue weighted by atomic mass is 28.3. The van der Waals surface area contributed by atoms with Crippen molar-refractivity contribution >= 4 is 24.7 Å². The van der Waals surface area contributed by atoms with Crippen molar-refractivity contribution in [3.8, 4) is 0 Å². The summed E-state index contributed by atoms with van der Waals surface area (Å²) in [6, 6.07) is 42.3. The number of benzene rings is 4. The zero-order chi connectivity index (χ0) is 21.8. The van der Waals surface area contributed by atoms with Crippen LogP contribution in [-0.2, 0) is 6.42 Å². The summed E-state index contributed by atoms with van der Waals surface area (Å²) in [6.45, 7) is 2.16. The van der Waals surface area contributed by atoms with Crippen molar-refractivity contribution in [3.63, 3.8) is 0 Å². The van der Waals surface area contributed by atoms with E-state index in [2.05, 4.69) is 128 Å². The van der Waals surface area contributed by atoms with Crippen LogP contribution < -0.4 is 10.4 Å². The highest BCUT2D eigenvalue weighted by Gasteiger charge is 2.29. The van der Waals surface area contributed by atoms with Gasteiger partial charge in [0, 0.05) is 0 Å². The lowest BCUT2D eigenvalue weighted by atomic mass is 9.96. The Morgan fingerprint density at radius 3 is 1.72 bits per heavy atom. The first-order valence-electron chi connectivity index (χ1n) is 11.4. The van der Waals surface area contributed by atoms with E-state index in [0.29, 0.717) is 0 Å². The molecule has 0 heterocycles. The second-order valence-electron chi connectivity index (χ2n) is 8.60. The molecule has 5 rings (SSSR count). The van der Waals surface area contributed by atoms with Crippen LogP contribution >= 0.6 is 0 Å². The lowest BCUT2D eigenvalue weighted by molar-refractivity contribution is 1.19. The van der Waals surface area contributed by atoms with Gasteiger partial charge in [-0.25, -0.2) is 0 Å². The monoisotopic (exact) mass is 428 g/mol. The van der Waals surface area contributed by atoms with Gasteiger partial charge in [0.25, 0.3) is 0 Å². The van der Waals surface area contributed by atoms with E-state index in [9.17, 15) is 0 Å². The van der Waals surface area contributed by atoms with Gasteiger partial charge in [-0.1, -0.05) is 142 Å². The largest absolute Gasteiger partial charge is 0.132 e. The van der Waals surface area contributed by atoms with E-state index in [4.69, 9.17) is 0 Å². The third-order valence-electron chi connectivity index (χ3n) is 6.44. The molecule has 0 saturated heterocycles. The molecule has 0 bridgehead atoms. The van der Waals surface area contributed by atoms with Gasteiger partial charge in [0.15, 0.2) is 0 Å². The van der Waals surface area contributed by atoms with Gasteiger partial charge in [-0.05, 0) is 42.0 Å². The second-order valence-corrected chi connectivity index (χ2v) is 11.4. The molecule has 0 saturated carbocycles. The minimum Gasteiger partial charge on any atom is -0.0801 e. The van der Waals surface area contributed by atoms with E-state index < -0.39 is 8.80 Å². The lowest BCUT2D eigenvalue weighted by Crippen LogP contribution is -2.44. The number of aryl methyl sites for hydroxylation is 1.